The molecule has 1 aliphatic carbocycles. The first-order chi connectivity index (χ1) is 18.4. The van der Waals surface area contributed by atoms with Crippen LogP contribution in [0.3, 0.4) is 0 Å². The molecule has 1 aliphatic heterocycles. The zero-order valence-corrected chi connectivity index (χ0v) is 24.3. The number of fused-ring (bicyclic) bond motifs is 3. The topological polar surface area (TPSA) is 62.2 Å². The molecule has 0 N–H and O–H groups in total. The number of carboxylic acid groups (broad SMARTS) is 1. The van der Waals surface area contributed by atoms with Crippen molar-refractivity contribution in [3.05, 3.63) is 106 Å². The van der Waals surface area contributed by atoms with Crippen molar-refractivity contribution in [2.75, 3.05) is 5.75 Å². The molecular weight excluding hydrogens is 527 g/mol. The molecule has 0 amide bonds. The Bertz CT molecular complexity index is 1590. The van der Waals surface area contributed by atoms with Crippen LogP contribution in [0.2, 0.25) is 0 Å². The second kappa shape index (κ2) is 11.4. The number of carbonyl (C=O) groups is 1. The average molecular weight is 552 g/mol. The first-order valence-electron chi connectivity index (χ1n) is 12.5. The maximum Gasteiger partial charge on any atom is 1.00 e. The molecule has 8 heteroatoms. The number of aliphatic carboxylic acids is 1. The summed E-state index contributed by atoms with van der Waals surface area (Å²) in [4.78, 5) is 15.8. The van der Waals surface area contributed by atoms with Gasteiger partial charge in [0.25, 0.3) is 0 Å². The van der Waals surface area contributed by atoms with Gasteiger partial charge in [0, 0.05) is 28.7 Å². The van der Waals surface area contributed by atoms with Gasteiger partial charge in [-0.1, -0.05) is 42.5 Å². The monoisotopic (exact) mass is 551 g/mol. The summed E-state index contributed by atoms with van der Waals surface area (Å²) in [5, 5.41) is 11.8. The van der Waals surface area contributed by atoms with Gasteiger partial charge < -0.3 is 14.6 Å². The summed E-state index contributed by atoms with van der Waals surface area (Å²) in [5.41, 5.74) is 5.10. The number of benzene rings is 3. The van der Waals surface area contributed by atoms with Gasteiger partial charge >= 0.3 is 29.6 Å². The first-order valence-corrected chi connectivity index (χ1v) is 13.5. The molecule has 192 valence electrons. The maximum atomic E-state index is 13.7. The minimum absolute atomic E-state index is 0. The number of carboxylic acids is 1. The number of hydrogen-bond donors (Lipinski definition) is 0. The van der Waals surface area contributed by atoms with E-state index in [1.807, 2.05) is 36.4 Å². The third kappa shape index (κ3) is 6.07. The number of rotatable bonds is 7. The fourth-order valence-corrected chi connectivity index (χ4v) is 6.64. The zero-order valence-electron chi connectivity index (χ0n) is 21.5. The standard InChI is InChI=1S/C31H25F2NO3S.Na/c32-25-14-20-7-9-22(34-27(20)15-26(25)33)8-5-19-6-10-28-24(13-19)30(23-4-2-1-3-21(23)17-37-28)38-18-31(11-12-31)16-29(35)36;/h1-10,13-15,30H,11-12,16-18H2,(H,35,36);/q;+1/p-1/b8-5+;. The summed E-state index contributed by atoms with van der Waals surface area (Å²) in [6.45, 7) is 0.470. The minimum atomic E-state index is -0.990. The largest absolute Gasteiger partial charge is 1.00 e. The number of ether oxygens (including phenoxy) is 1. The smallest absolute Gasteiger partial charge is 0.550 e. The van der Waals surface area contributed by atoms with Crippen LogP contribution in [0.15, 0.2) is 66.7 Å². The first kappa shape index (κ1) is 27.8. The van der Waals surface area contributed by atoms with Crippen LogP contribution in [0.25, 0.3) is 23.1 Å². The van der Waals surface area contributed by atoms with Gasteiger partial charge in [0.1, 0.15) is 12.4 Å². The SMILES string of the molecule is O=C([O-])CC1(CSC2c3ccccc3COc3ccc(/C=C/c4ccc5cc(F)c(F)cc5n4)cc32)CC1.[Na+]. The van der Waals surface area contributed by atoms with Crippen molar-refractivity contribution in [2.24, 2.45) is 5.41 Å². The number of pyridine rings is 1. The molecule has 2 heterocycles. The van der Waals surface area contributed by atoms with Gasteiger partial charge in [-0.15, -0.1) is 11.8 Å². The van der Waals surface area contributed by atoms with Crippen LogP contribution < -0.4 is 39.4 Å². The van der Waals surface area contributed by atoms with Crippen molar-refractivity contribution in [1.29, 1.82) is 0 Å². The maximum absolute atomic E-state index is 13.7. The van der Waals surface area contributed by atoms with Crippen LogP contribution in [0, 0.1) is 17.0 Å². The van der Waals surface area contributed by atoms with E-state index in [4.69, 9.17) is 4.74 Å². The second-order valence-corrected chi connectivity index (χ2v) is 11.1. The van der Waals surface area contributed by atoms with E-state index in [-0.39, 0.29) is 46.6 Å². The molecule has 39 heavy (non-hydrogen) atoms. The molecule has 0 spiro atoms. The molecule has 1 unspecified atom stereocenters. The Morgan fingerprint density at radius 2 is 1.82 bits per heavy atom. The number of hydrogen-bond acceptors (Lipinski definition) is 5. The Morgan fingerprint density at radius 1 is 1.03 bits per heavy atom. The average Bonchev–Trinajstić information content (AvgIpc) is 3.68. The van der Waals surface area contributed by atoms with Crippen LogP contribution in [0.1, 0.15) is 52.5 Å². The molecule has 4 aromatic rings. The molecule has 1 aromatic heterocycles. The summed E-state index contributed by atoms with van der Waals surface area (Å²) < 4.78 is 33.4. The normalized spacial score (nSPS) is 17.0. The van der Waals surface area contributed by atoms with Crippen LogP contribution in [0.4, 0.5) is 8.78 Å². The Balaban J connectivity index is 0.00000308. The van der Waals surface area contributed by atoms with Crippen LogP contribution in [-0.2, 0) is 11.4 Å². The van der Waals surface area contributed by atoms with Crippen molar-refractivity contribution in [3.63, 3.8) is 0 Å². The van der Waals surface area contributed by atoms with Gasteiger partial charge in [-0.25, -0.2) is 13.8 Å². The predicted molar refractivity (Wildman–Crippen MR) is 143 cm³/mol. The van der Waals surface area contributed by atoms with Crippen LogP contribution in [-0.4, -0.2) is 16.7 Å². The van der Waals surface area contributed by atoms with Crippen LogP contribution in [0.5, 0.6) is 5.75 Å². The zero-order chi connectivity index (χ0) is 26.3. The van der Waals surface area contributed by atoms with Gasteiger partial charge in [-0.3, -0.25) is 0 Å². The van der Waals surface area contributed by atoms with E-state index < -0.39 is 17.6 Å². The summed E-state index contributed by atoms with van der Waals surface area (Å²) >= 11 is 1.76. The Labute approximate surface area is 251 Å². The molecule has 6 rings (SSSR count). The Morgan fingerprint density at radius 3 is 2.62 bits per heavy atom. The minimum Gasteiger partial charge on any atom is -0.550 e. The summed E-state index contributed by atoms with van der Waals surface area (Å²) in [6.07, 6.45) is 5.68. The van der Waals surface area contributed by atoms with E-state index in [0.717, 1.165) is 53.2 Å². The van der Waals surface area contributed by atoms with E-state index in [9.17, 15) is 18.7 Å². The second-order valence-electron chi connectivity index (χ2n) is 10.1. The molecular formula is C31H24F2NNaO3S. The molecule has 3 aromatic carbocycles. The van der Waals surface area contributed by atoms with Crippen molar-refractivity contribution >= 4 is 40.8 Å². The van der Waals surface area contributed by atoms with E-state index in [1.165, 1.54) is 5.56 Å². The summed E-state index contributed by atoms with van der Waals surface area (Å²) in [7, 11) is 0. The summed E-state index contributed by atoms with van der Waals surface area (Å²) in [5.74, 6) is -1.26. The van der Waals surface area contributed by atoms with E-state index in [1.54, 1.807) is 23.9 Å². The number of carbonyl (C=O) groups excluding carboxylic acids is 1. The van der Waals surface area contributed by atoms with E-state index in [2.05, 4.69) is 23.2 Å². The quantitative estimate of drug-likeness (QED) is 0.330. The number of nitrogens with zero attached hydrogens (tertiary/aromatic N) is 1. The van der Waals surface area contributed by atoms with Gasteiger partial charge in [0.2, 0.25) is 0 Å². The molecule has 2 aliphatic rings. The van der Waals surface area contributed by atoms with Gasteiger partial charge in [0.15, 0.2) is 11.6 Å². The molecule has 4 nitrogen and oxygen atoms in total. The molecule has 0 saturated heterocycles. The fourth-order valence-electron chi connectivity index (χ4n) is 4.95. The van der Waals surface area contributed by atoms with Crippen LogP contribution >= 0.6 is 11.8 Å². The number of aromatic nitrogens is 1. The van der Waals surface area contributed by atoms with Gasteiger partial charge in [-0.05, 0) is 71.7 Å². The van der Waals surface area contributed by atoms with Crippen molar-refractivity contribution in [1.82, 2.24) is 4.98 Å². The molecule has 1 atom stereocenters. The number of thioether (sulfide) groups is 1. The summed E-state index contributed by atoms with van der Waals surface area (Å²) in [6, 6.07) is 20.0. The third-order valence-electron chi connectivity index (χ3n) is 7.27. The number of halogens is 2. The fraction of sp³-hybridized carbons (Fsp3) is 0.226. The Kier molecular flexibility index (Phi) is 8.15. The van der Waals surface area contributed by atoms with E-state index in [0.29, 0.717) is 23.2 Å². The third-order valence-corrected chi connectivity index (χ3v) is 8.89. The van der Waals surface area contributed by atoms with Gasteiger partial charge in [-0.2, -0.15) is 0 Å². The van der Waals surface area contributed by atoms with Crippen molar-refractivity contribution in [3.8, 4) is 5.75 Å². The Hall–Kier alpha value is -2.71. The molecule has 0 radical (unpaired) electrons. The molecule has 0 bridgehead atoms. The predicted octanol–water partition coefficient (Wildman–Crippen LogP) is 3.32. The van der Waals surface area contributed by atoms with E-state index >= 15 is 0 Å². The van der Waals surface area contributed by atoms with Gasteiger partial charge in [0.05, 0.1) is 16.5 Å². The van der Waals surface area contributed by atoms with Crippen molar-refractivity contribution in [2.45, 2.75) is 31.1 Å². The molecule has 1 saturated carbocycles. The van der Waals surface area contributed by atoms with Crippen molar-refractivity contribution < 1.29 is 53.0 Å². The molecule has 1 fully saturated rings.